The zero-order valence-corrected chi connectivity index (χ0v) is 17.5. The number of nitrogens with zero attached hydrogens (tertiary/aromatic N) is 2. The molecule has 0 saturated carbocycles. The van der Waals surface area contributed by atoms with E-state index >= 15 is 0 Å². The van der Waals surface area contributed by atoms with Crippen LogP contribution in [0, 0.1) is 0 Å². The number of nitrogens with one attached hydrogen (secondary N) is 4. The maximum Gasteiger partial charge on any atom is 0.286 e. The number of sulfonamides is 1. The molecule has 2 amide bonds. The quantitative estimate of drug-likeness (QED) is 0.420. The smallest absolute Gasteiger partial charge is 0.286 e. The third kappa shape index (κ3) is 4.30. The van der Waals surface area contributed by atoms with Gasteiger partial charge < -0.3 is 10.3 Å². The highest BCUT2D eigenvalue weighted by Gasteiger charge is 2.28. The van der Waals surface area contributed by atoms with E-state index in [0.717, 1.165) is 23.1 Å². The first-order valence-electron chi connectivity index (χ1n) is 9.31. The van der Waals surface area contributed by atoms with Crippen LogP contribution in [0.5, 0.6) is 0 Å². The van der Waals surface area contributed by atoms with Gasteiger partial charge in [0.1, 0.15) is 10.6 Å². The number of thiazole rings is 1. The highest BCUT2D eigenvalue weighted by Crippen LogP contribution is 2.25. The maximum absolute atomic E-state index is 12.5. The summed E-state index contributed by atoms with van der Waals surface area (Å²) in [5.74, 6) is -1.12. The first kappa shape index (κ1) is 20.3. The third-order valence-electron chi connectivity index (χ3n) is 4.61. The molecule has 1 saturated heterocycles. The number of carbonyl (C=O) groups is 2. The lowest BCUT2D eigenvalue weighted by Crippen LogP contribution is -2.44. The molecule has 4 N–H and O–H groups in total. The number of hydrazine groups is 1. The lowest BCUT2D eigenvalue weighted by molar-refractivity contribution is -0.120. The Balaban J connectivity index is 1.29. The van der Waals surface area contributed by atoms with E-state index in [-0.39, 0.29) is 17.1 Å². The second kappa shape index (κ2) is 8.42. The summed E-state index contributed by atoms with van der Waals surface area (Å²) >= 11 is 1.42. The molecule has 12 heteroatoms. The van der Waals surface area contributed by atoms with Gasteiger partial charge in [-0.05, 0) is 31.0 Å². The molecule has 0 aliphatic carbocycles. The van der Waals surface area contributed by atoms with Gasteiger partial charge in [-0.2, -0.15) is 4.31 Å². The molecule has 0 spiro atoms. The summed E-state index contributed by atoms with van der Waals surface area (Å²) in [6, 6.07) is 8.87. The van der Waals surface area contributed by atoms with Crippen molar-refractivity contribution in [3.8, 4) is 0 Å². The zero-order chi connectivity index (χ0) is 21.1. The van der Waals surface area contributed by atoms with Crippen LogP contribution in [0.2, 0.25) is 0 Å². The van der Waals surface area contributed by atoms with E-state index in [9.17, 15) is 18.0 Å². The monoisotopic (exact) mass is 448 g/mol. The zero-order valence-electron chi connectivity index (χ0n) is 15.8. The Hall–Kier alpha value is -2.96. The first-order valence-corrected chi connectivity index (χ1v) is 11.6. The van der Waals surface area contributed by atoms with Gasteiger partial charge in [0.15, 0.2) is 5.13 Å². The number of H-pyrrole nitrogens is 1. The minimum Gasteiger partial charge on any atom is -0.356 e. The predicted molar refractivity (Wildman–Crippen MR) is 113 cm³/mol. The van der Waals surface area contributed by atoms with Crippen molar-refractivity contribution >= 4 is 48.5 Å². The number of para-hydroxylation sites is 1. The first-order chi connectivity index (χ1) is 14.4. The standard InChI is InChI=1S/C18H20N6O4S2/c25-16(11-20-18-21-13-5-1-2-6-15(13)29-18)22-23-17(26)14-9-12(10-19-14)30(27,28)24-7-3-4-8-24/h1-2,5-6,9-10,19H,3-4,7-8,11H2,(H,20,21)(H,22,25)(H,23,26). The molecule has 3 heterocycles. The number of anilines is 1. The molecular weight excluding hydrogens is 428 g/mol. The minimum absolute atomic E-state index is 0.0263. The van der Waals surface area contributed by atoms with Crippen molar-refractivity contribution in [1.82, 2.24) is 25.1 Å². The number of amides is 2. The second-order valence-electron chi connectivity index (χ2n) is 6.70. The summed E-state index contributed by atoms with van der Waals surface area (Å²) in [6.07, 6.45) is 2.93. The highest BCUT2D eigenvalue weighted by molar-refractivity contribution is 7.89. The summed E-state index contributed by atoms with van der Waals surface area (Å²) in [6.45, 7) is 0.874. The second-order valence-corrected chi connectivity index (χ2v) is 9.67. The van der Waals surface area contributed by atoms with Crippen LogP contribution in [-0.2, 0) is 14.8 Å². The average Bonchev–Trinajstić information content (AvgIpc) is 3.49. The fourth-order valence-electron chi connectivity index (χ4n) is 3.07. The molecule has 0 radical (unpaired) electrons. The van der Waals surface area contributed by atoms with E-state index in [1.165, 1.54) is 27.9 Å². The summed E-state index contributed by atoms with van der Waals surface area (Å²) < 4.78 is 27.4. The Morgan fingerprint density at radius 2 is 1.93 bits per heavy atom. The number of aromatic amines is 1. The molecule has 3 aromatic rings. The van der Waals surface area contributed by atoms with Crippen molar-refractivity contribution in [2.75, 3.05) is 25.0 Å². The molecule has 30 heavy (non-hydrogen) atoms. The van der Waals surface area contributed by atoms with E-state index in [2.05, 4.69) is 26.1 Å². The fraction of sp³-hybridized carbons (Fsp3) is 0.278. The van der Waals surface area contributed by atoms with Gasteiger partial charge >= 0.3 is 0 Å². The summed E-state index contributed by atoms with van der Waals surface area (Å²) in [5, 5.41) is 3.50. The van der Waals surface area contributed by atoms with E-state index in [1.54, 1.807) is 0 Å². The van der Waals surface area contributed by atoms with Crippen LogP contribution in [0.25, 0.3) is 10.2 Å². The lowest BCUT2D eigenvalue weighted by Gasteiger charge is -2.13. The molecule has 0 atom stereocenters. The Morgan fingerprint density at radius 1 is 1.17 bits per heavy atom. The Kier molecular flexibility index (Phi) is 5.70. The van der Waals surface area contributed by atoms with Crippen molar-refractivity contribution in [3.05, 3.63) is 42.2 Å². The number of rotatable bonds is 6. The fourth-order valence-corrected chi connectivity index (χ4v) is 5.45. The highest BCUT2D eigenvalue weighted by atomic mass is 32.2. The summed E-state index contributed by atoms with van der Waals surface area (Å²) in [5.41, 5.74) is 5.42. The van der Waals surface area contributed by atoms with Crippen LogP contribution in [-0.4, -0.2) is 54.1 Å². The van der Waals surface area contributed by atoms with Gasteiger partial charge in [0, 0.05) is 19.3 Å². The molecular formula is C18H20N6O4S2. The van der Waals surface area contributed by atoms with Gasteiger partial charge in [-0.3, -0.25) is 20.4 Å². The van der Waals surface area contributed by atoms with Crippen LogP contribution in [0.4, 0.5) is 5.13 Å². The SMILES string of the molecule is O=C(CNc1nc2ccccc2s1)NNC(=O)c1cc(S(=O)(=O)N2CCCC2)c[nH]1. The number of benzene rings is 1. The molecule has 0 unspecified atom stereocenters. The van der Waals surface area contributed by atoms with Crippen molar-refractivity contribution in [1.29, 1.82) is 0 Å². The average molecular weight is 449 g/mol. The van der Waals surface area contributed by atoms with Crippen molar-refractivity contribution < 1.29 is 18.0 Å². The van der Waals surface area contributed by atoms with Crippen LogP contribution in [0.3, 0.4) is 0 Å². The van der Waals surface area contributed by atoms with E-state index in [4.69, 9.17) is 0 Å². The Labute approximate surface area is 176 Å². The molecule has 10 nitrogen and oxygen atoms in total. The number of aromatic nitrogens is 2. The van der Waals surface area contributed by atoms with Crippen LogP contribution < -0.4 is 16.2 Å². The molecule has 0 bridgehead atoms. The molecule has 1 fully saturated rings. The molecule has 1 aliphatic heterocycles. The lowest BCUT2D eigenvalue weighted by atomic mass is 10.3. The van der Waals surface area contributed by atoms with Crippen LogP contribution >= 0.6 is 11.3 Å². The molecule has 158 valence electrons. The Bertz CT molecular complexity index is 1150. The largest absolute Gasteiger partial charge is 0.356 e. The number of hydrogen-bond donors (Lipinski definition) is 4. The van der Waals surface area contributed by atoms with Crippen molar-refractivity contribution in [2.24, 2.45) is 0 Å². The molecule has 1 aliphatic rings. The van der Waals surface area contributed by atoms with Crippen molar-refractivity contribution in [3.63, 3.8) is 0 Å². The van der Waals surface area contributed by atoms with Gasteiger partial charge in [-0.1, -0.05) is 23.5 Å². The topological polar surface area (TPSA) is 136 Å². The normalized spacial score (nSPS) is 14.7. The van der Waals surface area contributed by atoms with Crippen LogP contribution in [0.1, 0.15) is 23.3 Å². The number of carbonyl (C=O) groups excluding carboxylic acids is 2. The van der Waals surface area contributed by atoms with Gasteiger partial charge in [0.2, 0.25) is 10.0 Å². The molecule has 1 aromatic carbocycles. The number of hydrogen-bond acceptors (Lipinski definition) is 7. The number of fused-ring (bicyclic) bond motifs is 1. The Morgan fingerprint density at radius 3 is 2.70 bits per heavy atom. The van der Waals surface area contributed by atoms with Gasteiger partial charge in [0.25, 0.3) is 11.8 Å². The van der Waals surface area contributed by atoms with Gasteiger partial charge in [-0.25, -0.2) is 13.4 Å². The summed E-state index contributed by atoms with van der Waals surface area (Å²) in [7, 11) is -3.61. The van der Waals surface area contributed by atoms with Crippen LogP contribution in [0.15, 0.2) is 41.4 Å². The summed E-state index contributed by atoms with van der Waals surface area (Å²) in [4.78, 5) is 31.2. The van der Waals surface area contributed by atoms with Gasteiger partial charge in [-0.15, -0.1) is 0 Å². The van der Waals surface area contributed by atoms with E-state index in [1.807, 2.05) is 24.3 Å². The molecule has 4 rings (SSSR count). The minimum atomic E-state index is -3.61. The third-order valence-corrected chi connectivity index (χ3v) is 7.48. The van der Waals surface area contributed by atoms with Gasteiger partial charge in [0.05, 0.1) is 16.8 Å². The molecule has 2 aromatic heterocycles. The van der Waals surface area contributed by atoms with Crippen molar-refractivity contribution in [2.45, 2.75) is 17.7 Å². The maximum atomic E-state index is 12.5. The van der Waals surface area contributed by atoms with E-state index < -0.39 is 21.8 Å². The predicted octanol–water partition coefficient (Wildman–Crippen LogP) is 1.28. The van der Waals surface area contributed by atoms with E-state index in [0.29, 0.717) is 18.2 Å².